The molecule has 0 aliphatic carbocycles. The number of phosphoric ester groups is 1. The molecule has 0 aromatic carbocycles. The van der Waals surface area contributed by atoms with Gasteiger partial charge in [0.2, 0.25) is 0 Å². The van der Waals surface area contributed by atoms with Crippen LogP contribution in [0.1, 0.15) is 0 Å². The third kappa shape index (κ3) is 11.5. The van der Waals surface area contributed by atoms with Crippen LogP contribution in [0.4, 0.5) is 0 Å². The van der Waals surface area contributed by atoms with Gasteiger partial charge in [0, 0.05) is 0 Å². The van der Waals surface area contributed by atoms with E-state index in [1.165, 1.54) is 0 Å². The predicted molar refractivity (Wildman–Crippen MR) is 43.6 cm³/mol. The van der Waals surface area contributed by atoms with Crippen molar-refractivity contribution in [1.29, 1.82) is 0 Å². The minimum atomic E-state index is -5.30. The van der Waals surface area contributed by atoms with Gasteiger partial charge in [-0.05, 0) is 0 Å². The molecule has 18 heavy (non-hydrogen) atoms. The van der Waals surface area contributed by atoms with E-state index in [9.17, 15) is 19.1 Å². The molecule has 0 fully saturated rings. The first-order valence-electron chi connectivity index (χ1n) is 4.03. The Labute approximate surface area is 188 Å². The smallest absolute Gasteiger partial charge is 0.790 e. The molecule has 0 aliphatic rings. The van der Waals surface area contributed by atoms with Crippen LogP contribution >= 0.6 is 7.82 Å². The maximum absolute atomic E-state index is 10.0. The standard InChI is InChI=1S/C6H13O9P.2K/c7-1-3(8)5(10)6(11)4(9)2-15-16(12,13)14;;/h1,3-6,8-11H,2H2,(H2,12,13,14);;/q;2*+1/p-2. The molecule has 0 bridgehead atoms. The molecule has 0 saturated heterocycles. The average Bonchev–Trinajstić information content (AvgIpc) is 2.21. The molecule has 0 radical (unpaired) electrons. The minimum absolute atomic E-state index is 0. The Morgan fingerprint density at radius 1 is 1.11 bits per heavy atom. The van der Waals surface area contributed by atoms with Crippen molar-refractivity contribution >= 4 is 14.1 Å². The fourth-order valence-electron chi connectivity index (χ4n) is 0.776. The Balaban J connectivity index is -0.00000112. The molecular formula is C6H11K2O9P. The summed E-state index contributed by atoms with van der Waals surface area (Å²) in [5.41, 5.74) is 0. The van der Waals surface area contributed by atoms with E-state index >= 15 is 0 Å². The van der Waals surface area contributed by atoms with Crippen LogP contribution in [0.5, 0.6) is 0 Å². The van der Waals surface area contributed by atoms with Crippen LogP contribution in [-0.4, -0.2) is 57.7 Å². The summed E-state index contributed by atoms with van der Waals surface area (Å²) in [5.74, 6) is 0. The van der Waals surface area contributed by atoms with Crippen molar-refractivity contribution in [2.75, 3.05) is 6.61 Å². The third-order valence-corrected chi connectivity index (χ3v) is 2.10. The number of aldehydes is 1. The van der Waals surface area contributed by atoms with Crippen LogP contribution in [-0.2, 0) is 13.9 Å². The molecule has 0 amide bonds. The van der Waals surface area contributed by atoms with E-state index in [-0.39, 0.29) is 109 Å². The van der Waals surface area contributed by atoms with Gasteiger partial charge >= 0.3 is 103 Å². The SMILES string of the molecule is O=CC(O)C(O)C(O)C(O)COP(=O)([O-])[O-].[K+].[K+]. The second-order valence-electron chi connectivity index (χ2n) is 2.92. The summed E-state index contributed by atoms with van der Waals surface area (Å²) in [4.78, 5) is 30.0. The maximum Gasteiger partial charge on any atom is 1.00 e. The monoisotopic (exact) mass is 336 g/mol. The first kappa shape index (κ1) is 25.8. The van der Waals surface area contributed by atoms with Crippen molar-refractivity contribution in [3.05, 3.63) is 0 Å². The summed E-state index contributed by atoms with van der Waals surface area (Å²) in [6.45, 7) is -1.09. The van der Waals surface area contributed by atoms with Gasteiger partial charge in [0.25, 0.3) is 0 Å². The van der Waals surface area contributed by atoms with Gasteiger partial charge in [0.1, 0.15) is 24.4 Å². The number of hydrogen-bond donors (Lipinski definition) is 4. The van der Waals surface area contributed by atoms with Crippen LogP contribution in [0, 0.1) is 0 Å². The molecular weight excluding hydrogens is 325 g/mol. The molecule has 4 N–H and O–H groups in total. The Kier molecular flexibility index (Phi) is 17.8. The largest absolute Gasteiger partial charge is 1.00 e. The number of aliphatic hydroxyl groups excluding tert-OH is 4. The molecule has 9 nitrogen and oxygen atoms in total. The molecule has 96 valence electrons. The van der Waals surface area contributed by atoms with Crippen molar-refractivity contribution in [3.8, 4) is 0 Å². The van der Waals surface area contributed by atoms with Gasteiger partial charge in [-0.25, -0.2) is 0 Å². The zero-order valence-electron chi connectivity index (χ0n) is 9.87. The van der Waals surface area contributed by atoms with Crippen molar-refractivity contribution in [2.24, 2.45) is 0 Å². The molecule has 0 spiro atoms. The Morgan fingerprint density at radius 2 is 1.56 bits per heavy atom. The quantitative estimate of drug-likeness (QED) is 0.200. The molecule has 0 saturated carbocycles. The Hall–Kier alpha value is 2.89. The normalized spacial score (nSPS) is 17.7. The average molecular weight is 336 g/mol. The Bertz CT molecular complexity index is 272. The van der Waals surface area contributed by atoms with E-state index in [1.54, 1.807) is 0 Å². The summed E-state index contributed by atoms with van der Waals surface area (Å²) < 4.78 is 13.6. The third-order valence-electron chi connectivity index (χ3n) is 1.64. The maximum atomic E-state index is 10.0. The van der Waals surface area contributed by atoms with E-state index in [0.29, 0.717) is 0 Å². The van der Waals surface area contributed by atoms with Crippen molar-refractivity contribution in [1.82, 2.24) is 0 Å². The van der Waals surface area contributed by atoms with Gasteiger partial charge in [0.15, 0.2) is 6.29 Å². The number of hydrogen-bond acceptors (Lipinski definition) is 9. The van der Waals surface area contributed by atoms with E-state index < -0.39 is 38.8 Å². The fourth-order valence-corrected chi connectivity index (χ4v) is 1.11. The van der Waals surface area contributed by atoms with Crippen molar-refractivity contribution < 1.29 is 147 Å². The van der Waals surface area contributed by atoms with E-state index in [2.05, 4.69) is 4.52 Å². The molecule has 0 heterocycles. The summed E-state index contributed by atoms with van der Waals surface area (Å²) in [6.07, 6.45) is -8.04. The van der Waals surface area contributed by atoms with Gasteiger partial charge < -0.3 is 44.1 Å². The van der Waals surface area contributed by atoms with Gasteiger partial charge in [-0.3, -0.25) is 0 Å². The molecule has 12 heteroatoms. The summed E-state index contributed by atoms with van der Waals surface area (Å²) in [7, 11) is -5.30. The number of phosphoric acid groups is 1. The van der Waals surface area contributed by atoms with Gasteiger partial charge in [-0.1, -0.05) is 0 Å². The first-order chi connectivity index (χ1) is 7.19. The number of carbonyl (C=O) groups excluding carboxylic acids is 1. The second-order valence-corrected chi connectivity index (χ2v) is 4.07. The molecule has 0 aliphatic heterocycles. The second kappa shape index (κ2) is 12.4. The van der Waals surface area contributed by atoms with Crippen molar-refractivity contribution in [3.63, 3.8) is 0 Å². The number of carbonyl (C=O) groups is 1. The van der Waals surface area contributed by atoms with Crippen LogP contribution in [0.3, 0.4) is 0 Å². The summed E-state index contributed by atoms with van der Waals surface area (Å²) >= 11 is 0. The van der Waals surface area contributed by atoms with Gasteiger partial charge in [-0.2, -0.15) is 0 Å². The summed E-state index contributed by atoms with van der Waals surface area (Å²) in [6, 6.07) is 0. The zero-order chi connectivity index (χ0) is 12.9. The molecule has 4 atom stereocenters. The van der Waals surface area contributed by atoms with Crippen LogP contribution in [0.2, 0.25) is 0 Å². The molecule has 0 aromatic heterocycles. The summed E-state index contributed by atoms with van der Waals surface area (Å²) in [5, 5.41) is 35.9. The molecule has 0 aromatic rings. The topological polar surface area (TPSA) is 170 Å². The van der Waals surface area contributed by atoms with Crippen LogP contribution in [0.15, 0.2) is 0 Å². The fraction of sp³-hybridized carbons (Fsp3) is 0.833. The number of rotatable bonds is 7. The van der Waals surface area contributed by atoms with E-state index in [1.807, 2.05) is 0 Å². The zero-order valence-corrected chi connectivity index (χ0v) is 17.0. The van der Waals surface area contributed by atoms with Crippen LogP contribution < -0.4 is 113 Å². The van der Waals surface area contributed by atoms with E-state index in [4.69, 9.17) is 20.4 Å². The molecule has 4 unspecified atom stereocenters. The Morgan fingerprint density at radius 3 is 1.89 bits per heavy atom. The van der Waals surface area contributed by atoms with Crippen LogP contribution in [0.25, 0.3) is 0 Å². The predicted octanol–water partition coefficient (Wildman–Crippen LogP) is -10.5. The van der Waals surface area contributed by atoms with Gasteiger partial charge in [-0.15, -0.1) is 0 Å². The van der Waals surface area contributed by atoms with E-state index in [0.717, 1.165) is 0 Å². The first-order valence-corrected chi connectivity index (χ1v) is 5.49. The number of aliphatic hydroxyl groups is 4. The van der Waals surface area contributed by atoms with Crippen molar-refractivity contribution in [2.45, 2.75) is 24.4 Å². The minimum Gasteiger partial charge on any atom is -0.790 e. The van der Waals surface area contributed by atoms with Gasteiger partial charge in [0.05, 0.1) is 14.4 Å². The molecule has 0 rings (SSSR count).